The molecule has 3 rings (SSSR count). The highest BCUT2D eigenvalue weighted by Gasteiger charge is 2.32. The van der Waals surface area contributed by atoms with E-state index in [4.69, 9.17) is 9.84 Å². The van der Waals surface area contributed by atoms with Crippen LogP contribution >= 0.6 is 11.8 Å². The maximum atomic E-state index is 12.1. The quantitative estimate of drug-likeness (QED) is 0.327. The minimum atomic E-state index is -1.05. The summed E-state index contributed by atoms with van der Waals surface area (Å²) in [6, 6.07) is 13.8. The van der Waals surface area contributed by atoms with E-state index in [1.165, 1.54) is 6.21 Å². The van der Waals surface area contributed by atoms with E-state index in [9.17, 15) is 14.4 Å². The van der Waals surface area contributed by atoms with Gasteiger partial charge >= 0.3 is 11.9 Å². The molecule has 1 saturated heterocycles. The number of amidine groups is 1. The second-order valence-corrected chi connectivity index (χ2v) is 7.36. The topological polar surface area (TPSA) is 117 Å². The monoisotopic (exact) mass is 411 g/mol. The van der Waals surface area contributed by atoms with Crippen molar-refractivity contribution in [3.63, 3.8) is 0 Å². The zero-order valence-electron chi connectivity index (χ0n) is 15.4. The van der Waals surface area contributed by atoms with Gasteiger partial charge in [0.1, 0.15) is 11.0 Å². The van der Waals surface area contributed by atoms with Crippen LogP contribution in [0.1, 0.15) is 27.9 Å². The van der Waals surface area contributed by atoms with E-state index in [2.05, 4.69) is 15.5 Å². The smallest absolute Gasteiger partial charge is 0.343 e. The molecule has 1 atom stereocenters. The third-order valence-corrected chi connectivity index (χ3v) is 4.94. The lowest BCUT2D eigenvalue weighted by Gasteiger charge is -2.04. The van der Waals surface area contributed by atoms with Gasteiger partial charge in [0, 0.05) is 0 Å². The summed E-state index contributed by atoms with van der Waals surface area (Å²) in [6.45, 7) is 1.94. The lowest BCUT2D eigenvalue weighted by molar-refractivity contribution is -0.138. The zero-order valence-corrected chi connectivity index (χ0v) is 16.2. The number of benzene rings is 2. The van der Waals surface area contributed by atoms with Crippen LogP contribution in [0.3, 0.4) is 0 Å². The van der Waals surface area contributed by atoms with Gasteiger partial charge in [0.2, 0.25) is 5.91 Å². The number of carbonyl (C=O) groups excluding carboxylic acids is 2. The highest BCUT2D eigenvalue weighted by molar-refractivity contribution is 8.15. The van der Waals surface area contributed by atoms with Crippen LogP contribution in [-0.4, -0.2) is 39.6 Å². The van der Waals surface area contributed by atoms with Gasteiger partial charge in [-0.25, -0.2) is 4.79 Å². The van der Waals surface area contributed by atoms with Gasteiger partial charge in [-0.2, -0.15) is 5.10 Å². The SMILES string of the molecule is Cc1ccc(C(=O)Oc2ccc(/C=N\N=C3\NC(=O)[C@H](CC(=O)O)S3)cc2)cc1. The summed E-state index contributed by atoms with van der Waals surface area (Å²) in [5.74, 6) is -1.49. The molecule has 0 aromatic heterocycles. The van der Waals surface area contributed by atoms with Crippen molar-refractivity contribution in [1.82, 2.24) is 5.32 Å². The minimum absolute atomic E-state index is 0.251. The van der Waals surface area contributed by atoms with E-state index >= 15 is 0 Å². The van der Waals surface area contributed by atoms with Gasteiger partial charge < -0.3 is 15.2 Å². The van der Waals surface area contributed by atoms with Gasteiger partial charge in [-0.1, -0.05) is 29.5 Å². The highest BCUT2D eigenvalue weighted by Crippen LogP contribution is 2.22. The number of ether oxygens (including phenoxy) is 1. The summed E-state index contributed by atoms with van der Waals surface area (Å²) in [5, 5.41) is 18.6. The van der Waals surface area contributed by atoms with E-state index in [1.807, 2.05) is 19.1 Å². The Kier molecular flexibility index (Phi) is 6.40. The molecular formula is C20H17N3O5S. The van der Waals surface area contributed by atoms with Crippen LogP contribution in [0.25, 0.3) is 0 Å². The van der Waals surface area contributed by atoms with E-state index in [1.54, 1.807) is 36.4 Å². The molecule has 8 nitrogen and oxygen atoms in total. The van der Waals surface area contributed by atoms with Gasteiger partial charge in [0.25, 0.3) is 0 Å². The number of thioether (sulfide) groups is 1. The summed E-state index contributed by atoms with van der Waals surface area (Å²) in [6.07, 6.45) is 1.19. The van der Waals surface area contributed by atoms with Crippen LogP contribution in [0.4, 0.5) is 0 Å². The van der Waals surface area contributed by atoms with Gasteiger partial charge in [-0.05, 0) is 48.9 Å². The van der Waals surface area contributed by atoms with Gasteiger partial charge in [0.15, 0.2) is 5.17 Å². The molecule has 0 spiro atoms. The first kappa shape index (κ1) is 20.3. The maximum absolute atomic E-state index is 12.1. The number of esters is 1. The first-order valence-corrected chi connectivity index (χ1v) is 9.48. The van der Waals surface area contributed by atoms with Gasteiger partial charge in [-0.3, -0.25) is 9.59 Å². The third-order valence-electron chi connectivity index (χ3n) is 3.87. The van der Waals surface area contributed by atoms with E-state index in [-0.39, 0.29) is 11.6 Å². The predicted molar refractivity (Wildman–Crippen MR) is 109 cm³/mol. The number of carboxylic acids is 1. The maximum Gasteiger partial charge on any atom is 0.343 e. The molecule has 9 heteroatoms. The Hall–Kier alpha value is -3.46. The third kappa shape index (κ3) is 5.76. The largest absolute Gasteiger partial charge is 0.481 e. The fourth-order valence-corrected chi connectivity index (χ4v) is 3.29. The molecule has 2 N–H and O–H groups in total. The van der Waals surface area contributed by atoms with Crippen molar-refractivity contribution in [3.05, 3.63) is 65.2 Å². The summed E-state index contributed by atoms with van der Waals surface area (Å²) in [4.78, 5) is 34.4. The fraction of sp³-hybridized carbons (Fsp3) is 0.150. The lowest BCUT2D eigenvalue weighted by Crippen LogP contribution is -2.26. The molecular weight excluding hydrogens is 394 g/mol. The summed E-state index contributed by atoms with van der Waals surface area (Å²) in [5.41, 5.74) is 2.23. The molecule has 0 bridgehead atoms. The lowest BCUT2D eigenvalue weighted by atomic mass is 10.1. The van der Waals surface area contributed by atoms with Crippen molar-refractivity contribution in [2.24, 2.45) is 10.2 Å². The molecule has 29 heavy (non-hydrogen) atoms. The van der Waals surface area contributed by atoms with Crippen molar-refractivity contribution in [3.8, 4) is 5.75 Å². The Labute approximate surface area is 170 Å². The molecule has 1 aliphatic heterocycles. The molecule has 148 valence electrons. The average Bonchev–Trinajstić information content (AvgIpc) is 3.02. The number of hydrogen-bond donors (Lipinski definition) is 2. The average molecular weight is 411 g/mol. The van der Waals surface area contributed by atoms with Crippen molar-refractivity contribution in [1.29, 1.82) is 0 Å². The van der Waals surface area contributed by atoms with Crippen LogP contribution in [0.15, 0.2) is 58.7 Å². The Bertz CT molecular complexity index is 984. The second kappa shape index (κ2) is 9.16. The Morgan fingerprint density at radius 3 is 2.52 bits per heavy atom. The van der Waals surface area contributed by atoms with Crippen LogP contribution in [0.2, 0.25) is 0 Å². The van der Waals surface area contributed by atoms with E-state index in [0.29, 0.717) is 16.9 Å². The van der Waals surface area contributed by atoms with Crippen molar-refractivity contribution < 1.29 is 24.2 Å². The number of nitrogens with zero attached hydrogens (tertiary/aromatic N) is 2. The van der Waals surface area contributed by atoms with E-state index < -0.39 is 23.1 Å². The molecule has 1 heterocycles. The summed E-state index contributed by atoms with van der Waals surface area (Å²) in [7, 11) is 0. The number of aliphatic carboxylic acids is 1. The van der Waals surface area contributed by atoms with Crippen LogP contribution in [0, 0.1) is 6.92 Å². The first-order chi connectivity index (χ1) is 13.9. The standard InChI is InChI=1S/C20H17N3O5S/c1-12-2-6-14(7-3-12)19(27)28-15-8-4-13(5-9-15)11-21-23-20-22-18(26)16(29-20)10-17(24)25/h2-9,11,16H,10H2,1H3,(H,24,25)(H,22,23,26)/b21-11-/t16-/m0/s1. The molecule has 1 amide bonds. The molecule has 1 fully saturated rings. The number of carbonyl (C=O) groups is 3. The van der Waals surface area contributed by atoms with Crippen LogP contribution in [-0.2, 0) is 9.59 Å². The molecule has 2 aromatic rings. The normalized spacial score (nSPS) is 17.5. The number of aryl methyl sites for hydroxylation is 1. The summed E-state index contributed by atoms with van der Waals surface area (Å²) >= 11 is 1.03. The Morgan fingerprint density at radius 2 is 1.86 bits per heavy atom. The minimum Gasteiger partial charge on any atom is -0.481 e. The van der Waals surface area contributed by atoms with Gasteiger partial charge in [0.05, 0.1) is 18.2 Å². The zero-order chi connectivity index (χ0) is 20.8. The van der Waals surface area contributed by atoms with Crippen LogP contribution < -0.4 is 10.1 Å². The molecule has 1 aliphatic rings. The first-order valence-electron chi connectivity index (χ1n) is 8.60. The summed E-state index contributed by atoms with van der Waals surface area (Å²) < 4.78 is 5.33. The van der Waals surface area contributed by atoms with Crippen LogP contribution in [0.5, 0.6) is 5.75 Å². The second-order valence-electron chi connectivity index (χ2n) is 6.17. The number of carboxylic acid groups (broad SMARTS) is 1. The Morgan fingerprint density at radius 1 is 1.17 bits per heavy atom. The van der Waals surface area contributed by atoms with Crippen molar-refractivity contribution in [2.75, 3.05) is 0 Å². The molecule has 0 saturated carbocycles. The highest BCUT2D eigenvalue weighted by atomic mass is 32.2. The number of hydrogen-bond acceptors (Lipinski definition) is 7. The fourth-order valence-electron chi connectivity index (χ4n) is 2.37. The number of rotatable bonds is 6. The Balaban J connectivity index is 1.56. The number of nitrogens with one attached hydrogen (secondary N) is 1. The van der Waals surface area contributed by atoms with Gasteiger partial charge in [-0.15, -0.1) is 5.10 Å². The van der Waals surface area contributed by atoms with Crippen molar-refractivity contribution in [2.45, 2.75) is 18.6 Å². The molecule has 2 aromatic carbocycles. The molecule has 0 unspecified atom stereocenters. The predicted octanol–water partition coefficient (Wildman–Crippen LogP) is 2.61. The molecule has 0 aliphatic carbocycles. The molecule has 0 radical (unpaired) electrons. The van der Waals surface area contributed by atoms with E-state index in [0.717, 1.165) is 17.3 Å². The number of amides is 1. The van der Waals surface area contributed by atoms with Crippen molar-refractivity contribution >= 4 is 41.0 Å².